The minimum absolute atomic E-state index is 0.162. The van der Waals surface area contributed by atoms with Crippen LogP contribution in [0.2, 0.25) is 5.02 Å². The molecule has 0 saturated heterocycles. The Balaban J connectivity index is 3.15. The molecule has 0 aliphatic heterocycles. The summed E-state index contributed by atoms with van der Waals surface area (Å²) in [6, 6.07) is 5.47. The van der Waals surface area contributed by atoms with Crippen LogP contribution in [0, 0.1) is 0 Å². The molecule has 0 saturated carbocycles. The number of carbonyl (C=O) groups is 1. The molecule has 1 unspecified atom stereocenters. The zero-order chi connectivity index (χ0) is 9.14. The van der Waals surface area contributed by atoms with Crippen molar-refractivity contribution in [1.82, 2.24) is 0 Å². The first-order valence-electron chi connectivity index (χ1n) is 3.59. The summed E-state index contributed by atoms with van der Waals surface area (Å²) in [5.74, 6) is -0.162. The molecule has 1 aromatic carbocycles. The van der Waals surface area contributed by atoms with Crippen molar-refractivity contribution in [1.29, 1.82) is 0 Å². The van der Waals surface area contributed by atoms with Crippen molar-refractivity contribution in [3.8, 4) is 0 Å². The largest absolute Gasteiger partial charge is 0.303 e. The van der Waals surface area contributed by atoms with Crippen LogP contribution in [0.4, 0.5) is 0 Å². The molecule has 12 heavy (non-hydrogen) atoms. The fraction of sp³-hybridized carbons (Fsp3) is 0.222. The van der Waals surface area contributed by atoms with Crippen molar-refractivity contribution < 1.29 is 4.79 Å². The molecule has 0 aromatic heterocycles. The molecule has 1 atom stereocenters. The van der Waals surface area contributed by atoms with Gasteiger partial charge in [-0.25, -0.2) is 0 Å². The Kier molecular flexibility index (Phi) is 3.18. The molecule has 1 nitrogen and oxygen atoms in total. The molecule has 1 rings (SSSR count). The van der Waals surface area contributed by atoms with E-state index in [2.05, 4.69) is 12.6 Å². The summed E-state index contributed by atoms with van der Waals surface area (Å²) in [7, 11) is 0. The van der Waals surface area contributed by atoms with Gasteiger partial charge in [-0.2, -0.15) is 0 Å². The van der Waals surface area contributed by atoms with E-state index in [1.807, 2.05) is 12.1 Å². The van der Waals surface area contributed by atoms with Crippen LogP contribution in [0.5, 0.6) is 0 Å². The molecule has 0 spiro atoms. The number of halogens is 1. The molecule has 0 radical (unpaired) electrons. The average molecular weight is 201 g/mol. The highest BCUT2D eigenvalue weighted by molar-refractivity contribution is 7.80. The Labute approximate surface area is 82.1 Å². The van der Waals surface area contributed by atoms with Crippen LogP contribution >= 0.6 is 24.2 Å². The third kappa shape index (κ3) is 1.82. The molecule has 1 aromatic rings. The van der Waals surface area contributed by atoms with E-state index in [4.69, 9.17) is 11.6 Å². The zero-order valence-corrected chi connectivity index (χ0v) is 8.27. The van der Waals surface area contributed by atoms with Gasteiger partial charge in [0.1, 0.15) is 6.29 Å². The number of rotatable bonds is 2. The van der Waals surface area contributed by atoms with Gasteiger partial charge in [0.05, 0.1) is 5.02 Å². The Bertz CT molecular complexity index is 299. The van der Waals surface area contributed by atoms with E-state index in [9.17, 15) is 4.79 Å². The Morgan fingerprint density at radius 3 is 2.83 bits per heavy atom. The van der Waals surface area contributed by atoms with Crippen LogP contribution in [0.1, 0.15) is 18.4 Å². The van der Waals surface area contributed by atoms with Gasteiger partial charge in [0.2, 0.25) is 0 Å². The van der Waals surface area contributed by atoms with Gasteiger partial charge in [0.15, 0.2) is 0 Å². The lowest BCUT2D eigenvalue weighted by Gasteiger charge is -2.07. The molecule has 0 fully saturated rings. The highest BCUT2D eigenvalue weighted by Crippen LogP contribution is 2.28. The average Bonchev–Trinajstić information content (AvgIpc) is 2.08. The normalized spacial score (nSPS) is 12.6. The molecule has 0 N–H and O–H groups in total. The Morgan fingerprint density at radius 1 is 1.58 bits per heavy atom. The van der Waals surface area contributed by atoms with Crippen LogP contribution in [-0.2, 0) is 4.79 Å². The van der Waals surface area contributed by atoms with E-state index < -0.39 is 0 Å². The summed E-state index contributed by atoms with van der Waals surface area (Å²) < 4.78 is 0. The maximum Gasteiger partial charge on any atom is 0.127 e. The molecule has 0 aliphatic rings. The van der Waals surface area contributed by atoms with Crippen molar-refractivity contribution in [3.05, 3.63) is 28.8 Å². The topological polar surface area (TPSA) is 17.1 Å². The van der Waals surface area contributed by atoms with Crippen molar-refractivity contribution in [2.24, 2.45) is 0 Å². The van der Waals surface area contributed by atoms with Gasteiger partial charge >= 0.3 is 0 Å². The molecule has 0 amide bonds. The Morgan fingerprint density at radius 2 is 2.25 bits per heavy atom. The number of hydrogen-bond donors (Lipinski definition) is 1. The second kappa shape index (κ2) is 3.97. The first-order chi connectivity index (χ1) is 5.66. The summed E-state index contributed by atoms with van der Waals surface area (Å²) in [6.07, 6.45) is 0.869. The first kappa shape index (κ1) is 9.62. The maximum atomic E-state index is 10.5. The molecule has 0 heterocycles. The van der Waals surface area contributed by atoms with Crippen LogP contribution in [0.3, 0.4) is 0 Å². The van der Waals surface area contributed by atoms with Gasteiger partial charge in [0, 0.05) is 10.8 Å². The monoisotopic (exact) mass is 200 g/mol. The summed E-state index contributed by atoms with van der Waals surface area (Å²) >= 11 is 10.1. The van der Waals surface area contributed by atoms with E-state index in [1.165, 1.54) is 0 Å². The quantitative estimate of drug-likeness (QED) is 0.574. The van der Waals surface area contributed by atoms with Gasteiger partial charge in [-0.05, 0) is 11.6 Å². The summed E-state index contributed by atoms with van der Waals surface area (Å²) in [6.45, 7) is 1.81. The summed E-state index contributed by atoms with van der Waals surface area (Å²) in [5, 5.41) is 0.570. The smallest absolute Gasteiger partial charge is 0.127 e. The van der Waals surface area contributed by atoms with Crippen molar-refractivity contribution in [3.63, 3.8) is 0 Å². The van der Waals surface area contributed by atoms with Gasteiger partial charge < -0.3 is 4.79 Å². The van der Waals surface area contributed by atoms with Crippen LogP contribution in [-0.4, -0.2) is 6.29 Å². The highest BCUT2D eigenvalue weighted by atomic mass is 35.5. The highest BCUT2D eigenvalue weighted by Gasteiger charge is 2.09. The first-order valence-corrected chi connectivity index (χ1v) is 4.42. The Hall–Kier alpha value is -0.470. The number of thiol groups is 1. The minimum atomic E-state index is -0.162. The lowest BCUT2D eigenvalue weighted by molar-refractivity contribution is -0.108. The predicted molar refractivity (Wildman–Crippen MR) is 53.2 cm³/mol. The minimum Gasteiger partial charge on any atom is -0.303 e. The van der Waals surface area contributed by atoms with Crippen LogP contribution in [0.25, 0.3) is 0 Å². The number of carbonyl (C=O) groups excluding carboxylic acids is 1. The molecular weight excluding hydrogens is 192 g/mol. The van der Waals surface area contributed by atoms with Gasteiger partial charge in [-0.15, -0.1) is 12.6 Å². The van der Waals surface area contributed by atoms with Crippen molar-refractivity contribution >= 4 is 30.5 Å². The number of aldehydes is 1. The fourth-order valence-corrected chi connectivity index (χ4v) is 1.48. The number of hydrogen-bond acceptors (Lipinski definition) is 2. The van der Waals surface area contributed by atoms with Crippen molar-refractivity contribution in [2.45, 2.75) is 17.7 Å². The van der Waals surface area contributed by atoms with Crippen LogP contribution < -0.4 is 0 Å². The molecule has 64 valence electrons. The van der Waals surface area contributed by atoms with E-state index in [0.717, 1.165) is 11.8 Å². The molecule has 0 aliphatic carbocycles. The van der Waals surface area contributed by atoms with E-state index in [-0.39, 0.29) is 5.92 Å². The van der Waals surface area contributed by atoms with Gasteiger partial charge in [0.25, 0.3) is 0 Å². The molecular formula is C9H9ClOS. The van der Waals surface area contributed by atoms with Gasteiger partial charge in [-0.1, -0.05) is 30.7 Å². The third-order valence-corrected chi connectivity index (χ3v) is 2.63. The standard InChI is InChI=1S/C9H9ClOS/c1-6(5-11)7-3-2-4-8(12)9(7)10/h2-6,12H,1H3. The van der Waals surface area contributed by atoms with E-state index in [0.29, 0.717) is 9.92 Å². The SMILES string of the molecule is CC(C=O)c1cccc(S)c1Cl. The van der Waals surface area contributed by atoms with Crippen LogP contribution in [0.15, 0.2) is 23.1 Å². The van der Waals surface area contributed by atoms with E-state index >= 15 is 0 Å². The lowest BCUT2D eigenvalue weighted by atomic mass is 10.0. The maximum absolute atomic E-state index is 10.5. The van der Waals surface area contributed by atoms with E-state index in [1.54, 1.807) is 13.0 Å². The van der Waals surface area contributed by atoms with Crippen molar-refractivity contribution in [2.75, 3.05) is 0 Å². The summed E-state index contributed by atoms with van der Waals surface area (Å²) in [5.41, 5.74) is 0.833. The number of benzene rings is 1. The van der Waals surface area contributed by atoms with Gasteiger partial charge in [-0.3, -0.25) is 0 Å². The summed E-state index contributed by atoms with van der Waals surface area (Å²) in [4.78, 5) is 11.2. The lowest BCUT2D eigenvalue weighted by Crippen LogP contribution is -1.95. The second-order valence-electron chi connectivity index (χ2n) is 2.61. The molecule has 3 heteroatoms. The molecule has 0 bridgehead atoms. The third-order valence-electron chi connectivity index (χ3n) is 1.70. The second-order valence-corrected chi connectivity index (χ2v) is 3.46. The predicted octanol–water partition coefficient (Wildman–Crippen LogP) is 2.93. The zero-order valence-electron chi connectivity index (χ0n) is 6.62. The fourth-order valence-electron chi connectivity index (χ4n) is 0.962.